The Kier molecular flexibility index (Phi) is 5.36. The summed E-state index contributed by atoms with van der Waals surface area (Å²) in [6.07, 6.45) is 1.32. The topological polar surface area (TPSA) is 90.3 Å². The molecule has 0 spiro atoms. The number of nitrogens with zero attached hydrogens (tertiary/aromatic N) is 2. The second kappa shape index (κ2) is 7.71. The molecule has 1 N–H and O–H groups in total. The molecule has 7 nitrogen and oxygen atoms in total. The van der Waals surface area contributed by atoms with E-state index in [1.165, 1.54) is 10.9 Å². The summed E-state index contributed by atoms with van der Waals surface area (Å²) in [4.78, 5) is 42.6. The van der Waals surface area contributed by atoms with E-state index in [1.807, 2.05) is 18.2 Å². The van der Waals surface area contributed by atoms with Gasteiger partial charge in [0.25, 0.3) is 11.5 Å². The van der Waals surface area contributed by atoms with E-state index >= 15 is 0 Å². The molecule has 8 heteroatoms. The number of para-hydroxylation sites is 1. The summed E-state index contributed by atoms with van der Waals surface area (Å²) in [7, 11) is 0. The molecule has 0 saturated heterocycles. The number of aryl methyl sites for hydroxylation is 1. The Morgan fingerprint density at radius 2 is 2.00 bits per heavy atom. The van der Waals surface area contributed by atoms with Gasteiger partial charge in [0.15, 0.2) is 0 Å². The van der Waals surface area contributed by atoms with E-state index in [2.05, 4.69) is 10.3 Å². The lowest BCUT2D eigenvalue weighted by atomic mass is 10.2. The largest absolute Gasteiger partial charge is 0.464 e. The van der Waals surface area contributed by atoms with Crippen LogP contribution >= 0.6 is 11.3 Å². The number of rotatable bonds is 5. The van der Waals surface area contributed by atoms with Crippen LogP contribution in [0.5, 0.6) is 0 Å². The van der Waals surface area contributed by atoms with Crippen molar-refractivity contribution in [3.8, 4) is 0 Å². The van der Waals surface area contributed by atoms with Gasteiger partial charge in [0.05, 0.1) is 23.2 Å². The fourth-order valence-corrected chi connectivity index (χ4v) is 3.75. The van der Waals surface area contributed by atoms with Gasteiger partial charge in [0.2, 0.25) is 0 Å². The predicted molar refractivity (Wildman–Crippen MR) is 104 cm³/mol. The number of hydrogen-bond donors (Lipinski definition) is 1. The van der Waals surface area contributed by atoms with Crippen LogP contribution in [0.1, 0.15) is 35.1 Å². The average molecular weight is 385 g/mol. The van der Waals surface area contributed by atoms with Crippen LogP contribution in [0.15, 0.2) is 41.5 Å². The maximum absolute atomic E-state index is 12.9. The van der Waals surface area contributed by atoms with Crippen molar-refractivity contribution in [3.63, 3.8) is 0 Å². The van der Waals surface area contributed by atoms with Gasteiger partial charge in [0, 0.05) is 5.69 Å². The minimum Gasteiger partial charge on any atom is -0.464 e. The smallest absolute Gasteiger partial charge is 0.328 e. The number of nitrogens with one attached hydrogen (secondary N) is 1. The fraction of sp³-hybridized carbons (Fsp3) is 0.263. The first-order valence-electron chi connectivity index (χ1n) is 8.47. The van der Waals surface area contributed by atoms with E-state index in [4.69, 9.17) is 4.74 Å². The summed E-state index contributed by atoms with van der Waals surface area (Å²) >= 11 is 1.15. The average Bonchev–Trinajstić information content (AvgIpc) is 3.00. The quantitative estimate of drug-likeness (QED) is 0.682. The van der Waals surface area contributed by atoms with Gasteiger partial charge in [-0.1, -0.05) is 18.2 Å². The molecule has 3 rings (SSSR count). The van der Waals surface area contributed by atoms with Gasteiger partial charge < -0.3 is 10.1 Å². The standard InChI is InChI=1S/C19H19N3O4S/c1-4-26-19(25)12(3)22-10-20-17-14(18(22)24)11(2)15(27-17)16(23)21-13-8-6-5-7-9-13/h5-10,12H,4H2,1-3H3,(H,21,23)/t12-/m1/s1. The Balaban J connectivity index is 2.00. The van der Waals surface area contributed by atoms with Crippen LogP contribution < -0.4 is 10.9 Å². The van der Waals surface area contributed by atoms with E-state index in [0.717, 1.165) is 11.3 Å². The minimum atomic E-state index is -0.796. The molecule has 0 unspecified atom stereocenters. The van der Waals surface area contributed by atoms with Crippen molar-refractivity contribution in [2.24, 2.45) is 0 Å². The number of aromatic nitrogens is 2. The van der Waals surface area contributed by atoms with Crippen LogP contribution in [0.4, 0.5) is 5.69 Å². The zero-order valence-electron chi connectivity index (χ0n) is 15.2. The van der Waals surface area contributed by atoms with E-state index in [0.29, 0.717) is 26.3 Å². The Morgan fingerprint density at radius 1 is 1.30 bits per heavy atom. The van der Waals surface area contributed by atoms with E-state index in [-0.39, 0.29) is 18.1 Å². The highest BCUT2D eigenvalue weighted by Gasteiger charge is 2.23. The van der Waals surface area contributed by atoms with Gasteiger partial charge in [0.1, 0.15) is 10.9 Å². The number of amides is 1. The highest BCUT2D eigenvalue weighted by Crippen LogP contribution is 2.28. The van der Waals surface area contributed by atoms with Gasteiger partial charge in [-0.15, -0.1) is 11.3 Å². The molecule has 0 aliphatic rings. The summed E-state index contributed by atoms with van der Waals surface area (Å²) in [5.41, 5.74) is 0.847. The molecule has 0 bridgehead atoms. The Labute approximate surface area is 159 Å². The monoisotopic (exact) mass is 385 g/mol. The van der Waals surface area contributed by atoms with Crippen LogP contribution in [0.25, 0.3) is 10.2 Å². The summed E-state index contributed by atoms with van der Waals surface area (Å²) in [5, 5.41) is 3.16. The summed E-state index contributed by atoms with van der Waals surface area (Å²) in [6.45, 7) is 5.23. The van der Waals surface area contributed by atoms with Crippen molar-refractivity contribution >= 4 is 39.1 Å². The highest BCUT2D eigenvalue weighted by molar-refractivity contribution is 7.20. The molecule has 27 heavy (non-hydrogen) atoms. The van der Waals surface area contributed by atoms with Crippen molar-refractivity contribution in [3.05, 3.63) is 57.5 Å². The number of carbonyl (C=O) groups is 2. The molecule has 0 fully saturated rings. The van der Waals surface area contributed by atoms with Crippen LogP contribution in [0.2, 0.25) is 0 Å². The van der Waals surface area contributed by atoms with Gasteiger partial charge >= 0.3 is 5.97 Å². The SMILES string of the molecule is CCOC(=O)[C@@H](C)n1cnc2sc(C(=O)Nc3ccccc3)c(C)c2c1=O. The molecule has 1 aromatic carbocycles. The van der Waals surface area contributed by atoms with Crippen LogP contribution in [0.3, 0.4) is 0 Å². The molecular formula is C19H19N3O4S. The molecule has 0 radical (unpaired) electrons. The van der Waals surface area contributed by atoms with Gasteiger partial charge in [-0.2, -0.15) is 0 Å². The zero-order chi connectivity index (χ0) is 19.6. The van der Waals surface area contributed by atoms with Crippen LogP contribution in [-0.2, 0) is 9.53 Å². The lowest BCUT2D eigenvalue weighted by Crippen LogP contribution is -2.29. The van der Waals surface area contributed by atoms with Crippen molar-refractivity contribution in [2.45, 2.75) is 26.8 Å². The second-order valence-electron chi connectivity index (χ2n) is 5.94. The van der Waals surface area contributed by atoms with Gasteiger partial charge in [-0.05, 0) is 38.5 Å². The summed E-state index contributed by atoms with van der Waals surface area (Å²) in [6, 6.07) is 8.28. The first-order valence-corrected chi connectivity index (χ1v) is 9.29. The Hall–Kier alpha value is -3.00. The molecule has 0 aliphatic heterocycles. The first-order chi connectivity index (χ1) is 12.9. The number of benzene rings is 1. The van der Waals surface area contributed by atoms with Crippen molar-refractivity contribution in [2.75, 3.05) is 11.9 Å². The Bertz CT molecular complexity index is 1060. The predicted octanol–water partition coefficient (Wildman–Crippen LogP) is 3.14. The number of hydrogen-bond acceptors (Lipinski definition) is 6. The first kappa shape index (κ1) is 18.8. The summed E-state index contributed by atoms with van der Waals surface area (Å²) < 4.78 is 6.21. The normalized spacial score (nSPS) is 12.0. The second-order valence-corrected chi connectivity index (χ2v) is 6.94. The van der Waals surface area contributed by atoms with E-state index < -0.39 is 12.0 Å². The van der Waals surface area contributed by atoms with Crippen molar-refractivity contribution in [1.29, 1.82) is 0 Å². The van der Waals surface area contributed by atoms with E-state index in [9.17, 15) is 14.4 Å². The maximum Gasteiger partial charge on any atom is 0.328 e. The molecule has 0 saturated carbocycles. The Morgan fingerprint density at radius 3 is 2.67 bits per heavy atom. The molecule has 0 aliphatic carbocycles. The third-order valence-electron chi connectivity index (χ3n) is 4.16. The molecule has 140 valence electrons. The van der Waals surface area contributed by atoms with Gasteiger partial charge in [-0.3, -0.25) is 14.2 Å². The van der Waals surface area contributed by atoms with Crippen LogP contribution in [-0.4, -0.2) is 28.0 Å². The number of thiophene rings is 1. The lowest BCUT2D eigenvalue weighted by Gasteiger charge is -2.13. The third-order valence-corrected chi connectivity index (χ3v) is 5.36. The number of fused-ring (bicyclic) bond motifs is 1. The molecule has 1 atom stereocenters. The third kappa shape index (κ3) is 3.61. The van der Waals surface area contributed by atoms with Crippen molar-refractivity contribution in [1.82, 2.24) is 9.55 Å². The number of ether oxygens (including phenoxy) is 1. The summed E-state index contributed by atoms with van der Waals surface area (Å²) in [5.74, 6) is -0.804. The minimum absolute atomic E-state index is 0.231. The highest BCUT2D eigenvalue weighted by atomic mass is 32.1. The molecular weight excluding hydrogens is 366 g/mol. The van der Waals surface area contributed by atoms with Crippen molar-refractivity contribution < 1.29 is 14.3 Å². The molecule has 2 heterocycles. The molecule has 2 aromatic heterocycles. The molecule has 3 aromatic rings. The number of carbonyl (C=O) groups excluding carboxylic acids is 2. The number of anilines is 1. The zero-order valence-corrected chi connectivity index (χ0v) is 16.0. The van der Waals surface area contributed by atoms with E-state index in [1.54, 1.807) is 32.9 Å². The fourth-order valence-electron chi connectivity index (χ4n) is 2.72. The maximum atomic E-state index is 12.9. The van der Waals surface area contributed by atoms with Gasteiger partial charge in [-0.25, -0.2) is 9.78 Å². The number of esters is 1. The molecule has 1 amide bonds. The van der Waals surface area contributed by atoms with Crippen LogP contribution in [0, 0.1) is 6.92 Å². The lowest BCUT2D eigenvalue weighted by molar-refractivity contribution is -0.146.